The van der Waals surface area contributed by atoms with Crippen LogP contribution in [0.1, 0.15) is 25.3 Å². The Morgan fingerprint density at radius 3 is 2.71 bits per heavy atom. The van der Waals surface area contributed by atoms with Crippen molar-refractivity contribution in [3.63, 3.8) is 0 Å². The minimum atomic E-state index is -3.79. The molecule has 2 rings (SSSR count). The number of carboxylic acids is 1. The van der Waals surface area contributed by atoms with Gasteiger partial charge in [0.25, 0.3) is 0 Å². The predicted molar refractivity (Wildman–Crippen MR) is 89.5 cm³/mol. The van der Waals surface area contributed by atoms with Crippen molar-refractivity contribution < 1.29 is 23.1 Å². The van der Waals surface area contributed by atoms with Gasteiger partial charge < -0.3 is 15.6 Å². The fraction of sp³-hybridized carbons (Fsp3) is 0.562. The number of carboxylic acid groups (broad SMARTS) is 1. The first-order valence-corrected chi connectivity index (χ1v) is 9.38. The number of carbonyl (C=O) groups is 1. The molecule has 1 aromatic carbocycles. The Morgan fingerprint density at radius 1 is 1.42 bits per heavy atom. The molecule has 0 unspecified atom stereocenters. The Balaban J connectivity index is 2.36. The number of rotatable bonds is 7. The minimum Gasteiger partial charge on any atom is -0.495 e. The molecule has 1 aromatic rings. The van der Waals surface area contributed by atoms with E-state index in [2.05, 4.69) is 0 Å². The molecule has 1 fully saturated rings. The number of hydrogen-bond acceptors (Lipinski definition) is 5. The number of hydrogen-bond donors (Lipinski definition) is 2. The van der Waals surface area contributed by atoms with Crippen LogP contribution < -0.4 is 10.5 Å². The van der Waals surface area contributed by atoms with E-state index < -0.39 is 16.0 Å². The highest BCUT2D eigenvalue weighted by atomic mass is 32.2. The molecule has 0 bridgehead atoms. The van der Waals surface area contributed by atoms with Gasteiger partial charge in [-0.15, -0.1) is 0 Å². The highest BCUT2D eigenvalue weighted by Crippen LogP contribution is 2.32. The van der Waals surface area contributed by atoms with E-state index in [9.17, 15) is 13.2 Å². The third kappa shape index (κ3) is 3.88. The van der Waals surface area contributed by atoms with E-state index >= 15 is 0 Å². The second-order valence-corrected chi connectivity index (χ2v) is 8.00. The van der Waals surface area contributed by atoms with Crippen LogP contribution >= 0.6 is 0 Å². The zero-order valence-electron chi connectivity index (χ0n) is 13.9. The van der Waals surface area contributed by atoms with Crippen molar-refractivity contribution in [3.8, 4) is 5.75 Å². The summed E-state index contributed by atoms with van der Waals surface area (Å²) < 4.78 is 32.5. The van der Waals surface area contributed by atoms with Crippen LogP contribution in [-0.2, 0) is 21.2 Å². The van der Waals surface area contributed by atoms with E-state index in [4.69, 9.17) is 15.6 Å². The Bertz CT molecular complexity index is 704. The first kappa shape index (κ1) is 18.7. The molecule has 0 radical (unpaired) electrons. The minimum absolute atomic E-state index is 0.00639. The Kier molecular flexibility index (Phi) is 5.84. The molecular formula is C16H24N2O5S. The lowest BCUT2D eigenvalue weighted by atomic mass is 9.99. The molecule has 0 aliphatic carbocycles. The first-order valence-electron chi connectivity index (χ1n) is 7.94. The molecular weight excluding hydrogens is 332 g/mol. The fourth-order valence-electron chi connectivity index (χ4n) is 3.07. The molecule has 1 aliphatic rings. The van der Waals surface area contributed by atoms with Crippen LogP contribution in [0.5, 0.6) is 5.75 Å². The van der Waals surface area contributed by atoms with Crippen LogP contribution in [0.3, 0.4) is 0 Å². The molecule has 1 aliphatic heterocycles. The van der Waals surface area contributed by atoms with E-state index in [0.717, 1.165) is 12.8 Å². The quantitative estimate of drug-likeness (QED) is 0.756. The summed E-state index contributed by atoms with van der Waals surface area (Å²) in [7, 11) is -2.40. The van der Waals surface area contributed by atoms with Gasteiger partial charge in [-0.1, -0.05) is 19.4 Å². The maximum Gasteiger partial charge on any atom is 0.307 e. The lowest BCUT2D eigenvalue weighted by molar-refractivity contribution is -0.136. The molecule has 8 heteroatoms. The highest BCUT2D eigenvalue weighted by molar-refractivity contribution is 7.89. The molecule has 0 spiro atoms. The Hall–Kier alpha value is -1.64. The van der Waals surface area contributed by atoms with Gasteiger partial charge >= 0.3 is 5.97 Å². The van der Waals surface area contributed by atoms with Gasteiger partial charge in [-0.2, -0.15) is 4.31 Å². The Morgan fingerprint density at radius 2 is 2.12 bits per heavy atom. The Labute approximate surface area is 142 Å². The van der Waals surface area contributed by atoms with Gasteiger partial charge in [0.05, 0.1) is 13.5 Å². The molecule has 0 saturated carbocycles. The lowest BCUT2D eigenvalue weighted by Crippen LogP contribution is -2.32. The van der Waals surface area contributed by atoms with Crippen molar-refractivity contribution in [2.24, 2.45) is 11.7 Å². The van der Waals surface area contributed by atoms with Crippen LogP contribution in [0.25, 0.3) is 0 Å². The first-order chi connectivity index (χ1) is 11.3. The molecule has 1 heterocycles. The molecule has 2 atom stereocenters. The molecule has 0 aromatic heterocycles. The molecule has 134 valence electrons. The zero-order valence-corrected chi connectivity index (χ0v) is 14.8. The largest absolute Gasteiger partial charge is 0.495 e. The molecule has 3 N–H and O–H groups in total. The number of aliphatic carboxylic acids is 1. The van der Waals surface area contributed by atoms with Gasteiger partial charge in [0.2, 0.25) is 10.0 Å². The molecule has 1 saturated heterocycles. The summed E-state index contributed by atoms with van der Waals surface area (Å²) in [4.78, 5) is 10.9. The van der Waals surface area contributed by atoms with Gasteiger partial charge in [0, 0.05) is 19.1 Å². The highest BCUT2D eigenvalue weighted by Gasteiger charge is 2.38. The number of sulfonamides is 1. The van der Waals surface area contributed by atoms with Gasteiger partial charge in [-0.25, -0.2) is 8.42 Å². The van der Waals surface area contributed by atoms with Crippen molar-refractivity contribution in [1.29, 1.82) is 0 Å². The molecule has 7 nitrogen and oxygen atoms in total. The predicted octanol–water partition coefficient (Wildman–Crippen LogP) is 1.07. The van der Waals surface area contributed by atoms with Crippen LogP contribution in [0.2, 0.25) is 0 Å². The van der Waals surface area contributed by atoms with E-state index in [1.807, 2.05) is 6.92 Å². The van der Waals surface area contributed by atoms with E-state index in [0.29, 0.717) is 12.1 Å². The van der Waals surface area contributed by atoms with Crippen molar-refractivity contribution in [2.75, 3.05) is 20.2 Å². The van der Waals surface area contributed by atoms with Gasteiger partial charge in [0.1, 0.15) is 10.6 Å². The number of ether oxygens (including phenoxy) is 1. The van der Waals surface area contributed by atoms with Crippen LogP contribution in [0, 0.1) is 5.92 Å². The number of nitrogens with two attached hydrogens (primary N) is 1. The van der Waals surface area contributed by atoms with Gasteiger partial charge in [-0.05, 0) is 30.0 Å². The summed E-state index contributed by atoms with van der Waals surface area (Å²) >= 11 is 0. The third-order valence-corrected chi connectivity index (χ3v) is 6.17. The van der Waals surface area contributed by atoms with Crippen molar-refractivity contribution in [3.05, 3.63) is 23.8 Å². The van der Waals surface area contributed by atoms with Gasteiger partial charge in [0.15, 0.2) is 0 Å². The maximum absolute atomic E-state index is 13.0. The summed E-state index contributed by atoms with van der Waals surface area (Å²) in [6.45, 7) is 2.69. The summed E-state index contributed by atoms with van der Waals surface area (Å²) in [5, 5.41) is 8.92. The number of benzene rings is 1. The average Bonchev–Trinajstić information content (AvgIpc) is 2.89. The summed E-state index contributed by atoms with van der Waals surface area (Å²) in [6.07, 6.45) is 1.58. The summed E-state index contributed by atoms with van der Waals surface area (Å²) in [6, 6.07) is 4.24. The summed E-state index contributed by atoms with van der Waals surface area (Å²) in [5.41, 5.74) is 6.49. The van der Waals surface area contributed by atoms with E-state index in [1.54, 1.807) is 6.07 Å². The SMILES string of the molecule is CCC[C@H]1CN(S(=O)(=O)c2cc(CC(=O)O)ccc2OC)C[C@@H]1N. The van der Waals surface area contributed by atoms with Crippen LogP contribution in [0.15, 0.2) is 23.1 Å². The monoisotopic (exact) mass is 356 g/mol. The van der Waals surface area contributed by atoms with Crippen molar-refractivity contribution in [1.82, 2.24) is 4.31 Å². The maximum atomic E-state index is 13.0. The second-order valence-electron chi connectivity index (χ2n) is 6.09. The second kappa shape index (κ2) is 7.50. The third-order valence-electron chi connectivity index (χ3n) is 4.32. The molecule has 0 amide bonds. The summed E-state index contributed by atoms with van der Waals surface area (Å²) in [5.74, 6) is -0.677. The van der Waals surface area contributed by atoms with E-state index in [1.165, 1.54) is 23.5 Å². The standard InChI is InChI=1S/C16H24N2O5S/c1-3-4-12-9-18(10-13(12)17)24(21,22)15-7-11(8-16(19)20)5-6-14(15)23-2/h5-7,12-13H,3-4,8-10,17H2,1-2H3,(H,19,20)/t12-,13-/m0/s1. The van der Waals surface area contributed by atoms with Crippen LogP contribution in [-0.4, -0.2) is 50.0 Å². The topological polar surface area (TPSA) is 110 Å². The fourth-order valence-corrected chi connectivity index (χ4v) is 4.81. The van der Waals surface area contributed by atoms with Crippen LogP contribution in [0.4, 0.5) is 0 Å². The van der Waals surface area contributed by atoms with Gasteiger partial charge in [-0.3, -0.25) is 4.79 Å². The van der Waals surface area contributed by atoms with Crippen molar-refractivity contribution in [2.45, 2.75) is 37.1 Å². The molecule has 24 heavy (non-hydrogen) atoms. The lowest BCUT2D eigenvalue weighted by Gasteiger charge is -2.19. The number of nitrogens with zero attached hydrogens (tertiary/aromatic N) is 1. The van der Waals surface area contributed by atoms with E-state index in [-0.39, 0.29) is 35.6 Å². The van der Waals surface area contributed by atoms with Crippen molar-refractivity contribution >= 4 is 16.0 Å². The average molecular weight is 356 g/mol. The number of methoxy groups -OCH3 is 1. The smallest absolute Gasteiger partial charge is 0.307 e. The normalized spacial score (nSPS) is 21.8. The zero-order chi connectivity index (χ0) is 17.9.